The predicted octanol–water partition coefficient (Wildman–Crippen LogP) is 1.18. The second-order valence-electron chi connectivity index (χ2n) is 4.65. The number of hydrogen-bond donors (Lipinski definition) is 2. The molecule has 0 aliphatic heterocycles. The second-order valence-corrected chi connectivity index (χ2v) is 4.65. The molecule has 0 aromatic carbocycles. The van der Waals surface area contributed by atoms with Crippen LogP contribution in [0.1, 0.15) is 26.7 Å². The molecule has 1 aromatic rings. The number of nitrogens with zero attached hydrogens (tertiary/aromatic N) is 2. The van der Waals surface area contributed by atoms with Crippen molar-refractivity contribution in [2.24, 2.45) is 5.73 Å². The maximum absolute atomic E-state index is 5.99. The van der Waals surface area contributed by atoms with Gasteiger partial charge >= 0.3 is 0 Å². The first-order valence-corrected chi connectivity index (χ1v) is 6.83. The molecule has 1 fully saturated rings. The van der Waals surface area contributed by atoms with E-state index < -0.39 is 0 Å². The minimum Gasteiger partial charge on any atom is -0.477 e. The summed E-state index contributed by atoms with van der Waals surface area (Å²) in [7, 11) is 0. The third-order valence-electron chi connectivity index (χ3n) is 3.13. The summed E-state index contributed by atoms with van der Waals surface area (Å²) in [6.45, 7) is 5.37. The van der Waals surface area contributed by atoms with Gasteiger partial charge in [0, 0.05) is 12.6 Å². The maximum Gasteiger partial charge on any atom is 0.234 e. The molecule has 1 aromatic heterocycles. The summed E-state index contributed by atoms with van der Waals surface area (Å²) >= 11 is 0. The molecule has 6 heteroatoms. The van der Waals surface area contributed by atoms with Gasteiger partial charge in [-0.15, -0.1) is 0 Å². The number of anilines is 1. The summed E-state index contributed by atoms with van der Waals surface area (Å²) in [4.78, 5) is 8.47. The van der Waals surface area contributed by atoms with E-state index in [9.17, 15) is 0 Å². The fourth-order valence-electron chi connectivity index (χ4n) is 2.09. The summed E-state index contributed by atoms with van der Waals surface area (Å²) in [5.41, 5.74) is 5.99. The summed E-state index contributed by atoms with van der Waals surface area (Å²) in [6.07, 6.45) is 5.26. The lowest BCUT2D eigenvalue weighted by Crippen LogP contribution is -2.60. The number of nitrogens with one attached hydrogen (secondary N) is 1. The topological polar surface area (TPSA) is 82.3 Å². The van der Waals surface area contributed by atoms with Crippen LogP contribution in [-0.2, 0) is 4.74 Å². The highest BCUT2D eigenvalue weighted by Gasteiger charge is 2.39. The number of rotatable bonds is 7. The zero-order valence-corrected chi connectivity index (χ0v) is 11.5. The van der Waals surface area contributed by atoms with Gasteiger partial charge in [0.15, 0.2) is 0 Å². The van der Waals surface area contributed by atoms with E-state index in [0.717, 1.165) is 12.8 Å². The Labute approximate surface area is 113 Å². The van der Waals surface area contributed by atoms with Gasteiger partial charge in [-0.05, 0) is 19.8 Å². The molecule has 1 saturated carbocycles. The quantitative estimate of drug-likeness (QED) is 0.771. The van der Waals surface area contributed by atoms with Crippen molar-refractivity contribution in [2.45, 2.75) is 44.9 Å². The largest absolute Gasteiger partial charge is 0.477 e. The molecule has 1 aliphatic carbocycles. The van der Waals surface area contributed by atoms with Crippen LogP contribution >= 0.6 is 0 Å². The Morgan fingerprint density at radius 3 is 2.95 bits per heavy atom. The Bertz CT molecular complexity index is 400. The van der Waals surface area contributed by atoms with Crippen LogP contribution in [0, 0.1) is 0 Å². The van der Waals surface area contributed by atoms with Crippen LogP contribution < -0.4 is 15.8 Å². The molecule has 2 rings (SSSR count). The zero-order chi connectivity index (χ0) is 13.7. The SMILES string of the molecule is CCCOc1cncc(NC2C(N)CC2OCC)n1. The van der Waals surface area contributed by atoms with Crippen LogP contribution in [0.5, 0.6) is 5.88 Å². The molecule has 1 aliphatic rings. The average molecular weight is 266 g/mol. The third kappa shape index (κ3) is 3.54. The van der Waals surface area contributed by atoms with Crippen molar-refractivity contribution < 1.29 is 9.47 Å². The van der Waals surface area contributed by atoms with Crippen LogP contribution in [0.4, 0.5) is 5.82 Å². The lowest BCUT2D eigenvalue weighted by atomic mass is 9.83. The van der Waals surface area contributed by atoms with Gasteiger partial charge in [-0.2, -0.15) is 4.98 Å². The standard InChI is InChI=1S/C13H22N4O2/c1-3-5-19-12-8-15-7-11(16-12)17-13-9(14)6-10(13)18-4-2/h7-10,13H,3-6,14H2,1-2H3,(H,16,17). The van der Waals surface area contributed by atoms with E-state index >= 15 is 0 Å². The Balaban J connectivity index is 1.94. The van der Waals surface area contributed by atoms with Gasteiger partial charge < -0.3 is 20.5 Å². The molecule has 0 saturated heterocycles. The molecular weight excluding hydrogens is 244 g/mol. The highest BCUT2D eigenvalue weighted by molar-refractivity contribution is 5.37. The van der Waals surface area contributed by atoms with Crippen molar-refractivity contribution in [3.05, 3.63) is 12.4 Å². The number of nitrogens with two attached hydrogens (primary N) is 1. The van der Waals surface area contributed by atoms with Gasteiger partial charge in [0.1, 0.15) is 5.82 Å². The Morgan fingerprint density at radius 2 is 2.26 bits per heavy atom. The van der Waals surface area contributed by atoms with Crippen LogP contribution in [0.15, 0.2) is 12.4 Å². The molecule has 6 nitrogen and oxygen atoms in total. The number of ether oxygens (including phenoxy) is 2. The lowest BCUT2D eigenvalue weighted by Gasteiger charge is -2.42. The molecule has 3 N–H and O–H groups in total. The van der Waals surface area contributed by atoms with Gasteiger partial charge in [0.25, 0.3) is 0 Å². The fourth-order valence-corrected chi connectivity index (χ4v) is 2.09. The molecule has 0 bridgehead atoms. The molecule has 19 heavy (non-hydrogen) atoms. The molecule has 3 unspecified atom stereocenters. The van der Waals surface area contributed by atoms with Gasteiger partial charge in [-0.3, -0.25) is 4.98 Å². The maximum atomic E-state index is 5.99. The molecule has 1 heterocycles. The van der Waals surface area contributed by atoms with Crippen molar-refractivity contribution in [3.8, 4) is 5.88 Å². The van der Waals surface area contributed by atoms with Crippen LogP contribution in [0.25, 0.3) is 0 Å². The Hall–Kier alpha value is -1.40. The van der Waals surface area contributed by atoms with Crippen molar-refractivity contribution in [2.75, 3.05) is 18.5 Å². The number of aromatic nitrogens is 2. The molecule has 106 valence electrons. The van der Waals surface area contributed by atoms with Crippen molar-refractivity contribution >= 4 is 5.82 Å². The normalized spacial score (nSPS) is 25.7. The van der Waals surface area contributed by atoms with Crippen molar-refractivity contribution in [1.29, 1.82) is 0 Å². The molecule has 3 atom stereocenters. The minimum absolute atomic E-state index is 0.0932. The van der Waals surface area contributed by atoms with Gasteiger partial charge in [0.05, 0.1) is 31.1 Å². The monoisotopic (exact) mass is 266 g/mol. The van der Waals surface area contributed by atoms with Crippen molar-refractivity contribution in [3.63, 3.8) is 0 Å². The highest BCUT2D eigenvalue weighted by Crippen LogP contribution is 2.25. The average Bonchev–Trinajstić information content (AvgIpc) is 2.43. The van der Waals surface area contributed by atoms with E-state index in [1.165, 1.54) is 0 Å². The van der Waals surface area contributed by atoms with E-state index in [4.69, 9.17) is 15.2 Å². The van der Waals surface area contributed by atoms with Gasteiger partial charge in [-0.25, -0.2) is 0 Å². The van der Waals surface area contributed by atoms with E-state index in [0.29, 0.717) is 24.9 Å². The van der Waals surface area contributed by atoms with Crippen LogP contribution in [-0.4, -0.2) is 41.4 Å². The van der Waals surface area contributed by atoms with Crippen LogP contribution in [0.2, 0.25) is 0 Å². The predicted molar refractivity (Wildman–Crippen MR) is 73.2 cm³/mol. The third-order valence-corrected chi connectivity index (χ3v) is 3.13. The smallest absolute Gasteiger partial charge is 0.234 e. The Kier molecular flexibility index (Phi) is 4.93. The van der Waals surface area contributed by atoms with E-state index in [-0.39, 0.29) is 18.2 Å². The number of hydrogen-bond acceptors (Lipinski definition) is 6. The second kappa shape index (κ2) is 6.68. The van der Waals surface area contributed by atoms with Crippen molar-refractivity contribution in [1.82, 2.24) is 9.97 Å². The summed E-state index contributed by atoms with van der Waals surface area (Å²) in [6, 6.07) is 0.189. The first-order valence-electron chi connectivity index (χ1n) is 6.83. The van der Waals surface area contributed by atoms with Gasteiger partial charge in [-0.1, -0.05) is 6.92 Å². The summed E-state index contributed by atoms with van der Waals surface area (Å²) in [5, 5.41) is 3.28. The van der Waals surface area contributed by atoms with Crippen LogP contribution in [0.3, 0.4) is 0 Å². The zero-order valence-electron chi connectivity index (χ0n) is 11.5. The van der Waals surface area contributed by atoms with Gasteiger partial charge in [0.2, 0.25) is 5.88 Å². The fraction of sp³-hybridized carbons (Fsp3) is 0.692. The van der Waals surface area contributed by atoms with E-state index in [2.05, 4.69) is 22.2 Å². The first-order chi connectivity index (χ1) is 9.24. The lowest BCUT2D eigenvalue weighted by molar-refractivity contribution is -0.0127. The Morgan fingerprint density at radius 1 is 1.42 bits per heavy atom. The molecular formula is C13H22N4O2. The highest BCUT2D eigenvalue weighted by atomic mass is 16.5. The summed E-state index contributed by atoms with van der Waals surface area (Å²) < 4.78 is 11.1. The summed E-state index contributed by atoms with van der Waals surface area (Å²) in [5.74, 6) is 1.21. The minimum atomic E-state index is 0.0932. The molecule has 0 amide bonds. The van der Waals surface area contributed by atoms with E-state index in [1.54, 1.807) is 12.4 Å². The van der Waals surface area contributed by atoms with E-state index in [1.807, 2.05) is 6.92 Å². The molecule has 0 radical (unpaired) electrons. The first kappa shape index (κ1) is 14.0. The molecule has 0 spiro atoms.